The number of fused-ring (bicyclic) bond motifs is 3. The van der Waals surface area contributed by atoms with Crippen molar-refractivity contribution in [1.82, 2.24) is 5.32 Å². The van der Waals surface area contributed by atoms with Crippen LogP contribution in [0.3, 0.4) is 0 Å². The van der Waals surface area contributed by atoms with E-state index < -0.39 is 0 Å². The van der Waals surface area contributed by atoms with Crippen LogP contribution in [0.4, 0.5) is 16.2 Å². The topological polar surface area (TPSA) is 35.6 Å². The summed E-state index contributed by atoms with van der Waals surface area (Å²) in [5.41, 5.74) is 3.33. The van der Waals surface area contributed by atoms with E-state index in [2.05, 4.69) is 22.3 Å². The number of hydrogen-bond acceptors (Lipinski definition) is 2. The number of para-hydroxylation sites is 2. The highest BCUT2D eigenvalue weighted by Gasteiger charge is 2.35. The van der Waals surface area contributed by atoms with E-state index in [1.807, 2.05) is 47.4 Å². The Morgan fingerprint density at radius 2 is 1.78 bits per heavy atom. The van der Waals surface area contributed by atoms with E-state index >= 15 is 0 Å². The molecule has 0 spiro atoms. The van der Waals surface area contributed by atoms with Gasteiger partial charge in [-0.1, -0.05) is 42.5 Å². The molecule has 1 atom stereocenters. The van der Waals surface area contributed by atoms with E-state index in [1.165, 1.54) is 12.1 Å². The van der Waals surface area contributed by atoms with Gasteiger partial charge in [-0.15, -0.1) is 0 Å². The van der Waals surface area contributed by atoms with Gasteiger partial charge in [0.05, 0.1) is 11.4 Å². The number of carbonyl (C=O) groups excluding carboxylic acids is 1. The van der Waals surface area contributed by atoms with Crippen LogP contribution in [0.15, 0.2) is 54.6 Å². The van der Waals surface area contributed by atoms with Gasteiger partial charge in [0.2, 0.25) is 0 Å². The van der Waals surface area contributed by atoms with Gasteiger partial charge in [0.25, 0.3) is 0 Å². The normalized spacial score (nSPS) is 19.2. The molecule has 118 valence electrons. The third-order valence-corrected chi connectivity index (χ3v) is 4.78. The Kier molecular flexibility index (Phi) is 3.66. The van der Waals surface area contributed by atoms with E-state index in [0.29, 0.717) is 12.6 Å². The van der Waals surface area contributed by atoms with Crippen LogP contribution in [-0.4, -0.2) is 25.2 Å². The summed E-state index contributed by atoms with van der Waals surface area (Å²) in [6.45, 7) is 2.44. The molecule has 1 fully saturated rings. The predicted molar refractivity (Wildman–Crippen MR) is 92.8 cm³/mol. The minimum absolute atomic E-state index is 0.00662. The van der Waals surface area contributed by atoms with E-state index in [0.717, 1.165) is 30.8 Å². The highest BCUT2D eigenvalue weighted by atomic mass is 16.2. The molecule has 0 saturated carbocycles. The van der Waals surface area contributed by atoms with Crippen LogP contribution >= 0.6 is 0 Å². The second-order valence-corrected chi connectivity index (χ2v) is 6.23. The zero-order chi connectivity index (χ0) is 15.6. The zero-order valence-electron chi connectivity index (χ0n) is 13.1. The summed E-state index contributed by atoms with van der Waals surface area (Å²) in [6.07, 6.45) is 2.37. The predicted octanol–water partition coefficient (Wildman–Crippen LogP) is 3.39. The monoisotopic (exact) mass is 307 g/mol. The zero-order valence-corrected chi connectivity index (χ0v) is 13.1. The number of carbonyl (C=O) groups is 1. The van der Waals surface area contributed by atoms with Gasteiger partial charge in [0.1, 0.15) is 0 Å². The molecule has 23 heavy (non-hydrogen) atoms. The average Bonchev–Trinajstić information content (AvgIpc) is 3.09. The van der Waals surface area contributed by atoms with E-state index in [1.54, 1.807) is 0 Å². The maximum Gasteiger partial charge on any atom is 0.322 e. The van der Waals surface area contributed by atoms with Gasteiger partial charge >= 0.3 is 6.03 Å². The largest absolute Gasteiger partial charge is 0.365 e. The molecule has 4 nitrogen and oxygen atoms in total. The van der Waals surface area contributed by atoms with Crippen LogP contribution in [0.1, 0.15) is 18.4 Å². The standard InChI is InChI=1S/C19H21N3O/c23-19(20-13-15-7-2-1-3-8-15)22-14-16-9-6-12-21(16)17-10-4-5-11-18(17)22/h1-5,7-8,10-11,16H,6,9,12-14H2,(H,20,23)/t16-/m1/s1. The van der Waals surface area contributed by atoms with Crippen molar-refractivity contribution < 1.29 is 4.79 Å². The third-order valence-electron chi connectivity index (χ3n) is 4.78. The smallest absolute Gasteiger partial charge is 0.322 e. The van der Waals surface area contributed by atoms with Gasteiger partial charge in [0.15, 0.2) is 0 Å². The number of nitrogens with zero attached hydrogens (tertiary/aromatic N) is 2. The molecule has 4 rings (SSSR count). The fourth-order valence-electron chi connectivity index (χ4n) is 3.65. The number of benzene rings is 2. The first kappa shape index (κ1) is 14.1. The molecule has 0 unspecified atom stereocenters. The first-order valence-electron chi connectivity index (χ1n) is 8.28. The summed E-state index contributed by atoms with van der Waals surface area (Å²) < 4.78 is 0. The molecular weight excluding hydrogens is 286 g/mol. The maximum atomic E-state index is 12.7. The average molecular weight is 307 g/mol. The van der Waals surface area contributed by atoms with Crippen LogP contribution in [-0.2, 0) is 6.54 Å². The van der Waals surface area contributed by atoms with Crippen molar-refractivity contribution in [2.45, 2.75) is 25.4 Å². The Hall–Kier alpha value is -2.49. The van der Waals surface area contributed by atoms with Crippen molar-refractivity contribution >= 4 is 17.4 Å². The van der Waals surface area contributed by atoms with E-state index in [9.17, 15) is 4.79 Å². The number of anilines is 2. The molecule has 2 aromatic carbocycles. The molecule has 0 aliphatic carbocycles. The Balaban J connectivity index is 1.54. The number of hydrogen-bond donors (Lipinski definition) is 1. The first-order chi connectivity index (χ1) is 11.3. The quantitative estimate of drug-likeness (QED) is 0.923. The fourth-order valence-corrected chi connectivity index (χ4v) is 3.65. The SMILES string of the molecule is O=C(NCc1ccccc1)N1C[C@H]2CCCN2c2ccccc21. The van der Waals surface area contributed by atoms with Gasteiger partial charge in [-0.2, -0.15) is 0 Å². The number of urea groups is 1. The third kappa shape index (κ3) is 2.65. The van der Waals surface area contributed by atoms with Crippen LogP contribution < -0.4 is 15.1 Å². The highest BCUT2D eigenvalue weighted by molar-refractivity contribution is 5.97. The lowest BCUT2D eigenvalue weighted by Crippen LogP contribution is -2.51. The molecular formula is C19H21N3O. The Morgan fingerprint density at radius 1 is 1.04 bits per heavy atom. The lowest BCUT2D eigenvalue weighted by atomic mass is 10.1. The number of rotatable bonds is 2. The van der Waals surface area contributed by atoms with Gasteiger partial charge in [-0.05, 0) is 30.5 Å². The summed E-state index contributed by atoms with van der Waals surface area (Å²) in [5.74, 6) is 0. The summed E-state index contributed by atoms with van der Waals surface area (Å²) in [5, 5.41) is 3.06. The molecule has 4 heteroatoms. The molecule has 2 heterocycles. The minimum Gasteiger partial charge on any atom is -0.365 e. The molecule has 0 bridgehead atoms. The second kappa shape index (κ2) is 5.95. The van der Waals surface area contributed by atoms with E-state index in [4.69, 9.17) is 0 Å². The summed E-state index contributed by atoms with van der Waals surface area (Å²) >= 11 is 0. The maximum absolute atomic E-state index is 12.7. The second-order valence-electron chi connectivity index (χ2n) is 6.23. The minimum atomic E-state index is -0.00662. The molecule has 1 saturated heterocycles. The Labute approximate surface area is 136 Å². The van der Waals surface area contributed by atoms with Crippen molar-refractivity contribution in [2.75, 3.05) is 22.9 Å². The molecule has 2 aliphatic heterocycles. The van der Waals surface area contributed by atoms with Crippen LogP contribution in [0.5, 0.6) is 0 Å². The number of amides is 2. The van der Waals surface area contributed by atoms with E-state index in [-0.39, 0.29) is 6.03 Å². The molecule has 1 N–H and O–H groups in total. The van der Waals surface area contributed by atoms with Crippen molar-refractivity contribution in [1.29, 1.82) is 0 Å². The lowest BCUT2D eigenvalue weighted by molar-refractivity contribution is 0.245. The summed E-state index contributed by atoms with van der Waals surface area (Å²) in [6, 6.07) is 18.7. The Bertz CT molecular complexity index is 701. The first-order valence-corrected chi connectivity index (χ1v) is 8.28. The fraction of sp³-hybridized carbons (Fsp3) is 0.316. The number of nitrogens with one attached hydrogen (secondary N) is 1. The molecule has 2 amide bonds. The lowest BCUT2D eigenvalue weighted by Gasteiger charge is -2.40. The van der Waals surface area contributed by atoms with Crippen molar-refractivity contribution in [3.63, 3.8) is 0 Å². The summed E-state index contributed by atoms with van der Waals surface area (Å²) in [4.78, 5) is 17.1. The van der Waals surface area contributed by atoms with Crippen LogP contribution in [0.2, 0.25) is 0 Å². The summed E-state index contributed by atoms with van der Waals surface area (Å²) in [7, 11) is 0. The van der Waals surface area contributed by atoms with Gasteiger partial charge < -0.3 is 10.2 Å². The molecule has 2 aliphatic rings. The van der Waals surface area contributed by atoms with Gasteiger partial charge in [-0.3, -0.25) is 4.90 Å². The Morgan fingerprint density at radius 3 is 2.61 bits per heavy atom. The van der Waals surface area contributed by atoms with Crippen molar-refractivity contribution in [3.8, 4) is 0 Å². The molecule has 2 aromatic rings. The van der Waals surface area contributed by atoms with Crippen molar-refractivity contribution in [3.05, 3.63) is 60.2 Å². The van der Waals surface area contributed by atoms with Gasteiger partial charge in [0, 0.05) is 25.7 Å². The highest BCUT2D eigenvalue weighted by Crippen LogP contribution is 2.39. The van der Waals surface area contributed by atoms with Gasteiger partial charge in [-0.25, -0.2) is 4.79 Å². The van der Waals surface area contributed by atoms with Crippen LogP contribution in [0.25, 0.3) is 0 Å². The van der Waals surface area contributed by atoms with Crippen molar-refractivity contribution in [2.24, 2.45) is 0 Å². The van der Waals surface area contributed by atoms with Crippen LogP contribution in [0, 0.1) is 0 Å². The molecule has 0 radical (unpaired) electrons. The molecule has 0 aromatic heterocycles.